The first kappa shape index (κ1) is 17.7. The number of aromatic nitrogens is 2. The quantitative estimate of drug-likeness (QED) is 0.495. The van der Waals surface area contributed by atoms with Gasteiger partial charge in [-0.2, -0.15) is 4.68 Å². The van der Waals surface area contributed by atoms with Crippen LogP contribution >= 0.6 is 0 Å². The number of methoxy groups -OCH3 is 2. The smallest absolute Gasteiger partial charge is 0.341 e. The highest BCUT2D eigenvalue weighted by atomic mass is 19.1. The van der Waals surface area contributed by atoms with E-state index in [1.165, 1.54) is 16.8 Å². The van der Waals surface area contributed by atoms with Crippen LogP contribution in [0.25, 0.3) is 22.0 Å². The predicted octanol–water partition coefficient (Wildman–Crippen LogP) is 4.16. The van der Waals surface area contributed by atoms with Crippen LogP contribution in [0.3, 0.4) is 0 Å². The Kier molecular flexibility index (Phi) is 4.31. The number of hydrogen-bond donors (Lipinski definition) is 3. The van der Waals surface area contributed by atoms with Gasteiger partial charge in [0.05, 0.1) is 19.9 Å². The van der Waals surface area contributed by atoms with Crippen LogP contribution in [0.5, 0.6) is 11.5 Å². The maximum atomic E-state index is 13.6. The van der Waals surface area contributed by atoms with Crippen LogP contribution in [-0.2, 0) is 0 Å². The van der Waals surface area contributed by atoms with Gasteiger partial charge in [0.25, 0.3) is 0 Å². The molecular weight excluding hydrogens is 363 g/mol. The Morgan fingerprint density at radius 3 is 2.54 bits per heavy atom. The molecule has 1 amide bonds. The Hall–Kier alpha value is -3.68. The fourth-order valence-electron chi connectivity index (χ4n) is 3.29. The zero-order valence-corrected chi connectivity index (χ0v) is 15.6. The minimum absolute atomic E-state index is 0.358. The number of halogens is 1. The molecule has 7 nitrogen and oxygen atoms in total. The summed E-state index contributed by atoms with van der Waals surface area (Å²) in [5.41, 5.74) is 2.05. The fraction of sp³-hybridized carbons (Fsp3) is 0.150. The number of nitrogens with one attached hydrogen (secondary N) is 3. The average Bonchev–Trinajstić information content (AvgIpc) is 3.22. The van der Waals surface area contributed by atoms with Gasteiger partial charge in [-0.15, -0.1) is 0 Å². The van der Waals surface area contributed by atoms with E-state index in [1.54, 1.807) is 33.4 Å². The third-order valence-corrected chi connectivity index (χ3v) is 4.60. The number of hydrogen-bond acceptors (Lipinski definition) is 4. The Balaban J connectivity index is 1.92. The number of carbonyl (C=O) groups excluding carboxylic acids is 1. The van der Waals surface area contributed by atoms with Gasteiger partial charge in [0.2, 0.25) is 0 Å². The summed E-state index contributed by atoms with van der Waals surface area (Å²) in [7, 11) is 4.69. The second-order valence-corrected chi connectivity index (χ2v) is 6.21. The largest absolute Gasteiger partial charge is 0.493 e. The maximum Gasteiger partial charge on any atom is 0.341 e. The van der Waals surface area contributed by atoms with E-state index >= 15 is 0 Å². The first-order chi connectivity index (χ1) is 13.5. The number of fused-ring (bicyclic) bond motifs is 3. The third-order valence-electron chi connectivity index (χ3n) is 4.60. The third kappa shape index (κ3) is 2.79. The number of anilines is 2. The van der Waals surface area contributed by atoms with Crippen molar-refractivity contribution >= 4 is 28.3 Å². The highest BCUT2D eigenvalue weighted by Gasteiger charge is 2.24. The molecule has 28 heavy (non-hydrogen) atoms. The lowest BCUT2D eigenvalue weighted by atomic mass is 10.2. The van der Waals surface area contributed by atoms with Crippen LogP contribution in [0, 0.1) is 5.82 Å². The average molecular weight is 382 g/mol. The zero-order valence-electron chi connectivity index (χ0n) is 15.6. The molecule has 2 aromatic carbocycles. The van der Waals surface area contributed by atoms with Gasteiger partial charge < -0.3 is 20.1 Å². The summed E-state index contributed by atoms with van der Waals surface area (Å²) in [6, 6.07) is 11.4. The van der Waals surface area contributed by atoms with E-state index in [2.05, 4.69) is 15.7 Å². The van der Waals surface area contributed by atoms with E-state index in [-0.39, 0.29) is 11.8 Å². The number of aromatic amines is 1. The lowest BCUT2D eigenvalue weighted by Crippen LogP contribution is -2.26. The second-order valence-electron chi connectivity index (χ2n) is 6.21. The van der Waals surface area contributed by atoms with E-state index in [0.29, 0.717) is 23.0 Å². The summed E-state index contributed by atoms with van der Waals surface area (Å²) in [6.45, 7) is 0. The minimum Gasteiger partial charge on any atom is -0.493 e. The molecule has 0 atom stereocenters. The maximum absolute atomic E-state index is 13.6. The van der Waals surface area contributed by atoms with E-state index in [9.17, 15) is 9.18 Å². The Morgan fingerprint density at radius 1 is 1.11 bits per heavy atom. The van der Waals surface area contributed by atoms with Crippen LogP contribution in [0.2, 0.25) is 0 Å². The number of rotatable bonds is 4. The van der Waals surface area contributed by atoms with Crippen molar-refractivity contribution in [2.24, 2.45) is 0 Å². The van der Waals surface area contributed by atoms with Crippen LogP contribution in [0.15, 0.2) is 42.5 Å². The van der Waals surface area contributed by atoms with Gasteiger partial charge >= 0.3 is 6.03 Å². The summed E-state index contributed by atoms with van der Waals surface area (Å²) in [6.07, 6.45) is 0. The molecule has 2 aliphatic rings. The van der Waals surface area contributed by atoms with E-state index < -0.39 is 0 Å². The molecule has 8 heteroatoms. The molecule has 0 saturated heterocycles. The van der Waals surface area contributed by atoms with Crippen molar-refractivity contribution in [2.45, 2.75) is 0 Å². The molecule has 1 aliphatic heterocycles. The van der Waals surface area contributed by atoms with Crippen molar-refractivity contribution in [1.82, 2.24) is 15.1 Å². The lowest BCUT2D eigenvalue weighted by molar-refractivity contribution is 0.242. The van der Waals surface area contributed by atoms with Crippen LogP contribution in [0.1, 0.15) is 0 Å². The summed E-state index contributed by atoms with van der Waals surface area (Å²) in [5, 5.41) is 10.6. The molecule has 0 saturated carbocycles. The highest BCUT2D eigenvalue weighted by molar-refractivity contribution is 6.07. The predicted molar refractivity (Wildman–Crippen MR) is 106 cm³/mol. The van der Waals surface area contributed by atoms with E-state index in [4.69, 9.17) is 9.47 Å². The fourth-order valence-corrected chi connectivity index (χ4v) is 3.29. The van der Waals surface area contributed by atoms with Gasteiger partial charge in [-0.25, -0.2) is 9.18 Å². The Morgan fingerprint density at radius 2 is 1.86 bits per heavy atom. The van der Waals surface area contributed by atoms with Gasteiger partial charge in [-0.05, 0) is 41.8 Å². The summed E-state index contributed by atoms with van der Waals surface area (Å²) in [4.78, 5) is 12.4. The normalized spacial score (nSPS) is 11.0. The van der Waals surface area contributed by atoms with E-state index in [1.807, 2.05) is 18.2 Å². The first-order valence-corrected chi connectivity index (χ1v) is 8.59. The monoisotopic (exact) mass is 382 g/mol. The summed E-state index contributed by atoms with van der Waals surface area (Å²) in [5.74, 6) is 1.32. The van der Waals surface area contributed by atoms with Crippen molar-refractivity contribution < 1.29 is 18.7 Å². The molecular formula is C20H19FN4O3. The molecule has 0 unspecified atom stereocenters. The van der Waals surface area contributed by atoms with Crippen LogP contribution in [-0.4, -0.2) is 37.1 Å². The Bertz CT molecular complexity index is 1150. The minimum atomic E-state index is -0.370. The van der Waals surface area contributed by atoms with Crippen molar-refractivity contribution in [3.63, 3.8) is 0 Å². The van der Waals surface area contributed by atoms with E-state index in [0.717, 1.165) is 22.0 Å². The number of ether oxygens (including phenoxy) is 2. The number of H-pyrrole nitrogens is 1. The molecule has 1 heterocycles. The molecule has 4 rings (SSSR count). The molecule has 0 aromatic heterocycles. The van der Waals surface area contributed by atoms with Crippen molar-refractivity contribution in [3.05, 3.63) is 48.3 Å². The summed E-state index contributed by atoms with van der Waals surface area (Å²) >= 11 is 0. The van der Waals surface area contributed by atoms with Gasteiger partial charge in [-0.1, -0.05) is 6.07 Å². The molecule has 0 fully saturated rings. The van der Waals surface area contributed by atoms with Gasteiger partial charge in [0.15, 0.2) is 11.5 Å². The van der Waals surface area contributed by atoms with Crippen LogP contribution in [0.4, 0.5) is 20.7 Å². The van der Waals surface area contributed by atoms with Crippen LogP contribution < -0.4 is 20.1 Å². The molecule has 3 N–H and O–H groups in total. The Labute approximate surface area is 160 Å². The zero-order chi connectivity index (χ0) is 19.8. The van der Waals surface area contributed by atoms with Gasteiger partial charge in [-0.3, -0.25) is 5.10 Å². The summed E-state index contributed by atoms with van der Waals surface area (Å²) < 4.78 is 25.7. The molecule has 0 spiro atoms. The molecule has 0 bridgehead atoms. The van der Waals surface area contributed by atoms with Crippen molar-refractivity contribution in [3.8, 4) is 22.8 Å². The second kappa shape index (κ2) is 6.80. The number of carbonyl (C=O) groups is 1. The number of benzene rings is 2. The van der Waals surface area contributed by atoms with Crippen molar-refractivity contribution in [1.29, 1.82) is 0 Å². The molecule has 2 aromatic rings. The molecule has 0 radical (unpaired) electrons. The first-order valence-electron chi connectivity index (χ1n) is 8.59. The standard InChI is InChI=1S/C20H19FN4O3/c1-22-20(26)25-19(23-13-6-4-5-12(21)9-13)15-7-11-8-16(27-2)17(28-3)10-14(11)18(15)24-25/h4-10,23-24H,1-3H3,(H,22,26). The molecule has 1 aliphatic carbocycles. The number of nitrogens with zero attached hydrogens (tertiary/aromatic N) is 1. The van der Waals surface area contributed by atoms with Gasteiger partial charge in [0, 0.05) is 23.7 Å². The van der Waals surface area contributed by atoms with Gasteiger partial charge in [0.1, 0.15) is 11.6 Å². The topological polar surface area (TPSA) is 80.3 Å². The highest BCUT2D eigenvalue weighted by Crippen LogP contribution is 2.43. The SMILES string of the molecule is CNC(=O)n1[nH]c2c3cc(OC)c(OC)cc3cc-2c1Nc1cccc(F)c1. The lowest BCUT2D eigenvalue weighted by Gasteiger charge is -2.10. The molecule has 144 valence electrons. The number of amides is 1. The van der Waals surface area contributed by atoms with Crippen molar-refractivity contribution in [2.75, 3.05) is 26.6 Å².